The Morgan fingerprint density at radius 2 is 1.90 bits per heavy atom. The second-order valence-electron chi connectivity index (χ2n) is 4.34. The van der Waals surface area contributed by atoms with E-state index in [1.54, 1.807) is 42.5 Å². The number of carbonyl (C=O) groups is 1. The molecule has 4 nitrogen and oxygen atoms in total. The van der Waals surface area contributed by atoms with Crippen molar-refractivity contribution in [3.63, 3.8) is 0 Å². The molecule has 0 unspecified atom stereocenters. The highest BCUT2D eigenvalue weighted by Crippen LogP contribution is 2.35. The van der Waals surface area contributed by atoms with Crippen molar-refractivity contribution < 1.29 is 19.1 Å². The van der Waals surface area contributed by atoms with Gasteiger partial charge in [-0.2, -0.15) is 0 Å². The third-order valence-corrected chi connectivity index (χ3v) is 3.11. The second-order valence-corrected chi connectivity index (χ2v) is 4.34. The number of hydrogen-bond acceptors (Lipinski definition) is 4. The molecular formula is C16H12O4. The van der Waals surface area contributed by atoms with Gasteiger partial charge in [-0.05, 0) is 18.2 Å². The maximum absolute atomic E-state index is 12.3. The van der Waals surface area contributed by atoms with Crippen LogP contribution >= 0.6 is 0 Å². The molecule has 100 valence electrons. The van der Waals surface area contributed by atoms with Gasteiger partial charge in [-0.1, -0.05) is 30.3 Å². The zero-order valence-corrected chi connectivity index (χ0v) is 10.8. The summed E-state index contributed by atoms with van der Waals surface area (Å²) in [5, 5.41) is 10.6. The van der Waals surface area contributed by atoms with Gasteiger partial charge in [0.2, 0.25) is 11.5 Å². The maximum Gasteiger partial charge on any atom is 0.232 e. The molecule has 0 aliphatic heterocycles. The first kappa shape index (κ1) is 12.3. The van der Waals surface area contributed by atoms with Gasteiger partial charge in [-0.15, -0.1) is 0 Å². The third-order valence-electron chi connectivity index (χ3n) is 3.11. The third kappa shape index (κ3) is 1.91. The van der Waals surface area contributed by atoms with Gasteiger partial charge in [-0.3, -0.25) is 4.79 Å². The van der Waals surface area contributed by atoms with E-state index in [9.17, 15) is 9.90 Å². The monoisotopic (exact) mass is 268 g/mol. The van der Waals surface area contributed by atoms with E-state index < -0.39 is 0 Å². The Morgan fingerprint density at radius 3 is 2.60 bits per heavy atom. The van der Waals surface area contributed by atoms with Crippen molar-refractivity contribution in [2.75, 3.05) is 7.11 Å². The minimum atomic E-state index is -0.349. The molecule has 0 saturated heterocycles. The van der Waals surface area contributed by atoms with Crippen molar-refractivity contribution in [1.29, 1.82) is 0 Å². The molecule has 1 N–H and O–H groups in total. The Balaban J connectivity index is 2.13. The van der Waals surface area contributed by atoms with E-state index in [2.05, 4.69) is 0 Å². The number of methoxy groups -OCH3 is 1. The van der Waals surface area contributed by atoms with Crippen LogP contribution in [0.25, 0.3) is 11.0 Å². The summed E-state index contributed by atoms with van der Waals surface area (Å²) in [5.41, 5.74) is 0.913. The maximum atomic E-state index is 12.3. The number of furan rings is 1. The van der Waals surface area contributed by atoms with Gasteiger partial charge < -0.3 is 14.3 Å². The molecule has 0 radical (unpaired) electrons. The Morgan fingerprint density at radius 1 is 1.15 bits per heavy atom. The van der Waals surface area contributed by atoms with E-state index >= 15 is 0 Å². The summed E-state index contributed by atoms with van der Waals surface area (Å²) in [6, 6.07) is 13.7. The van der Waals surface area contributed by atoms with Crippen LogP contribution in [0.2, 0.25) is 0 Å². The molecule has 20 heavy (non-hydrogen) atoms. The summed E-state index contributed by atoms with van der Waals surface area (Å²) in [4.78, 5) is 12.3. The molecule has 0 amide bonds. The molecule has 0 aliphatic carbocycles. The lowest BCUT2D eigenvalue weighted by molar-refractivity contribution is 0.101. The van der Waals surface area contributed by atoms with Crippen LogP contribution in [0, 0.1) is 0 Å². The first-order valence-electron chi connectivity index (χ1n) is 6.10. The highest BCUT2D eigenvalue weighted by molar-refractivity contribution is 6.11. The molecule has 0 bridgehead atoms. The minimum absolute atomic E-state index is 0.0561. The van der Waals surface area contributed by atoms with Crippen LogP contribution in [0.5, 0.6) is 11.5 Å². The van der Waals surface area contributed by atoms with Gasteiger partial charge in [0.1, 0.15) is 11.3 Å². The number of aromatic hydroxyl groups is 1. The minimum Gasteiger partial charge on any atom is -0.504 e. The number of fused-ring (bicyclic) bond motifs is 1. The summed E-state index contributed by atoms with van der Waals surface area (Å²) < 4.78 is 10.6. The molecule has 0 fully saturated rings. The second kappa shape index (κ2) is 4.74. The Labute approximate surface area is 115 Å². The van der Waals surface area contributed by atoms with Crippen molar-refractivity contribution in [3.8, 4) is 11.5 Å². The summed E-state index contributed by atoms with van der Waals surface area (Å²) in [7, 11) is 1.54. The van der Waals surface area contributed by atoms with E-state index in [0.29, 0.717) is 22.3 Å². The normalized spacial score (nSPS) is 10.7. The number of ketones is 1. The largest absolute Gasteiger partial charge is 0.504 e. The lowest BCUT2D eigenvalue weighted by atomic mass is 10.1. The van der Waals surface area contributed by atoms with Gasteiger partial charge >= 0.3 is 0 Å². The zero-order valence-electron chi connectivity index (χ0n) is 10.8. The van der Waals surface area contributed by atoms with Crippen molar-refractivity contribution in [3.05, 3.63) is 59.9 Å². The zero-order chi connectivity index (χ0) is 14.1. The van der Waals surface area contributed by atoms with E-state index in [0.717, 1.165) is 0 Å². The molecule has 0 aliphatic rings. The van der Waals surface area contributed by atoms with E-state index in [1.165, 1.54) is 7.11 Å². The van der Waals surface area contributed by atoms with Crippen molar-refractivity contribution in [2.24, 2.45) is 0 Å². The van der Waals surface area contributed by atoms with E-state index in [-0.39, 0.29) is 17.3 Å². The molecule has 0 saturated carbocycles. The van der Waals surface area contributed by atoms with Crippen molar-refractivity contribution in [1.82, 2.24) is 0 Å². The smallest absolute Gasteiger partial charge is 0.232 e. The molecular weight excluding hydrogens is 256 g/mol. The first-order chi connectivity index (χ1) is 9.70. The fourth-order valence-electron chi connectivity index (χ4n) is 2.07. The predicted octanol–water partition coefficient (Wildman–Crippen LogP) is 3.38. The van der Waals surface area contributed by atoms with Crippen LogP contribution in [-0.4, -0.2) is 18.0 Å². The average Bonchev–Trinajstić information content (AvgIpc) is 2.84. The standard InChI is InChI=1S/C16H12O4/c1-19-11-7-8-13-12(9-11)15(18)16(20-13)14(17)10-5-3-2-4-6-10/h2-9,18H,1H3. The van der Waals surface area contributed by atoms with Crippen LogP contribution in [-0.2, 0) is 0 Å². The fraction of sp³-hybridized carbons (Fsp3) is 0.0625. The van der Waals surface area contributed by atoms with Gasteiger partial charge in [0, 0.05) is 5.56 Å². The summed E-state index contributed by atoms with van der Waals surface area (Å²) in [6.45, 7) is 0. The molecule has 1 aromatic heterocycles. The van der Waals surface area contributed by atoms with Crippen LogP contribution in [0.1, 0.15) is 16.1 Å². The summed E-state index contributed by atoms with van der Waals surface area (Å²) in [5.74, 6) is 0.0257. The Hall–Kier alpha value is -2.75. The SMILES string of the molecule is COc1ccc2oc(C(=O)c3ccccc3)c(O)c2c1. The number of rotatable bonds is 3. The van der Waals surface area contributed by atoms with Crippen molar-refractivity contribution >= 4 is 16.8 Å². The number of benzene rings is 2. The quantitative estimate of drug-likeness (QED) is 0.740. The van der Waals surface area contributed by atoms with Gasteiger partial charge in [0.15, 0.2) is 5.75 Å². The first-order valence-corrected chi connectivity index (χ1v) is 6.10. The van der Waals surface area contributed by atoms with Gasteiger partial charge in [-0.25, -0.2) is 0 Å². The molecule has 0 atom stereocenters. The fourth-order valence-corrected chi connectivity index (χ4v) is 2.07. The molecule has 1 heterocycles. The lowest BCUT2D eigenvalue weighted by Gasteiger charge is -1.98. The highest BCUT2D eigenvalue weighted by Gasteiger charge is 2.21. The van der Waals surface area contributed by atoms with Gasteiger partial charge in [0.05, 0.1) is 12.5 Å². The number of hydrogen-bond donors (Lipinski definition) is 1. The molecule has 3 rings (SSSR count). The molecule has 0 spiro atoms. The average molecular weight is 268 g/mol. The Bertz CT molecular complexity index is 772. The predicted molar refractivity (Wildman–Crippen MR) is 74.3 cm³/mol. The van der Waals surface area contributed by atoms with Gasteiger partial charge in [0.25, 0.3) is 0 Å². The van der Waals surface area contributed by atoms with Crippen LogP contribution in [0.4, 0.5) is 0 Å². The Kier molecular flexibility index (Phi) is 2.91. The lowest BCUT2D eigenvalue weighted by Crippen LogP contribution is -1.99. The number of ether oxygens (including phenoxy) is 1. The van der Waals surface area contributed by atoms with Crippen LogP contribution < -0.4 is 4.74 Å². The summed E-state index contributed by atoms with van der Waals surface area (Å²) in [6.07, 6.45) is 0. The highest BCUT2D eigenvalue weighted by atomic mass is 16.5. The number of carbonyl (C=O) groups excluding carboxylic acids is 1. The van der Waals surface area contributed by atoms with E-state index in [4.69, 9.17) is 9.15 Å². The molecule has 2 aromatic carbocycles. The molecule has 4 heteroatoms. The summed E-state index contributed by atoms with van der Waals surface area (Å²) >= 11 is 0. The van der Waals surface area contributed by atoms with Crippen molar-refractivity contribution in [2.45, 2.75) is 0 Å². The van der Waals surface area contributed by atoms with Crippen LogP contribution in [0.3, 0.4) is 0 Å². The molecule has 3 aromatic rings. The topological polar surface area (TPSA) is 59.7 Å². The van der Waals surface area contributed by atoms with E-state index in [1.807, 2.05) is 6.07 Å². The van der Waals surface area contributed by atoms with Crippen LogP contribution in [0.15, 0.2) is 52.9 Å².